The van der Waals surface area contributed by atoms with E-state index in [2.05, 4.69) is 5.32 Å². The Morgan fingerprint density at radius 2 is 1.66 bits per heavy atom. The molecule has 3 aromatic rings. The lowest BCUT2D eigenvalue weighted by atomic mass is 9.98. The van der Waals surface area contributed by atoms with Gasteiger partial charge in [-0.3, -0.25) is 4.79 Å². The molecule has 0 radical (unpaired) electrons. The standard InChI is InChI=1S/C24H19Cl2F3N2O3S/c25-19-3-1-2-4-21(19)35(33,34)31-12-11-18-16(14-31)7-10-20(26)23(18)30-22(32)13-15-5-8-17(9-6-15)24(27,28)29/h1-10H,11-14H2,(H,30,32). The van der Waals surface area contributed by atoms with Crippen molar-refractivity contribution in [3.05, 3.63) is 93.0 Å². The fourth-order valence-electron chi connectivity index (χ4n) is 3.92. The molecule has 0 fully saturated rings. The van der Waals surface area contributed by atoms with Crippen molar-refractivity contribution >= 4 is 44.8 Å². The molecule has 1 aliphatic heterocycles. The van der Waals surface area contributed by atoms with Gasteiger partial charge in [0.2, 0.25) is 15.9 Å². The zero-order chi connectivity index (χ0) is 25.4. The monoisotopic (exact) mass is 542 g/mol. The number of alkyl halides is 3. The van der Waals surface area contributed by atoms with Crippen LogP contribution in [0.5, 0.6) is 0 Å². The number of rotatable bonds is 5. The largest absolute Gasteiger partial charge is 0.416 e. The Labute approximate surface area is 210 Å². The summed E-state index contributed by atoms with van der Waals surface area (Å²) in [5.74, 6) is -0.453. The molecule has 0 aromatic heterocycles. The van der Waals surface area contributed by atoms with Crippen molar-refractivity contribution in [2.24, 2.45) is 0 Å². The second-order valence-corrected chi connectivity index (χ2v) is 10.7. The number of carbonyl (C=O) groups is 1. The van der Waals surface area contributed by atoms with Gasteiger partial charge in [0.25, 0.3) is 0 Å². The molecule has 0 saturated heterocycles. The van der Waals surface area contributed by atoms with Crippen LogP contribution in [0.1, 0.15) is 22.3 Å². The first-order valence-corrected chi connectivity index (χ1v) is 12.7. The Morgan fingerprint density at radius 3 is 2.31 bits per heavy atom. The molecular formula is C24H19Cl2F3N2O3S. The molecule has 0 spiro atoms. The van der Waals surface area contributed by atoms with Crippen molar-refractivity contribution in [3.8, 4) is 0 Å². The Morgan fingerprint density at radius 1 is 0.971 bits per heavy atom. The van der Waals surface area contributed by atoms with Crippen LogP contribution in [0.2, 0.25) is 10.0 Å². The van der Waals surface area contributed by atoms with Gasteiger partial charge in [-0.05, 0) is 53.4 Å². The van der Waals surface area contributed by atoms with Crippen LogP contribution in [0.3, 0.4) is 0 Å². The molecule has 0 atom stereocenters. The van der Waals surface area contributed by atoms with Gasteiger partial charge in [0.1, 0.15) is 4.90 Å². The van der Waals surface area contributed by atoms with Gasteiger partial charge in [0, 0.05) is 13.1 Å². The molecule has 0 saturated carbocycles. The van der Waals surface area contributed by atoms with Crippen molar-refractivity contribution in [2.45, 2.75) is 30.5 Å². The summed E-state index contributed by atoms with van der Waals surface area (Å²) in [6, 6.07) is 13.8. The lowest BCUT2D eigenvalue weighted by Gasteiger charge is -2.30. The summed E-state index contributed by atoms with van der Waals surface area (Å²) in [6.07, 6.45) is -4.30. The van der Waals surface area contributed by atoms with Crippen molar-refractivity contribution in [2.75, 3.05) is 11.9 Å². The minimum Gasteiger partial charge on any atom is -0.324 e. The van der Waals surface area contributed by atoms with Crippen LogP contribution in [-0.4, -0.2) is 25.2 Å². The van der Waals surface area contributed by atoms with E-state index in [1.807, 2.05) is 0 Å². The molecule has 1 aliphatic rings. The smallest absolute Gasteiger partial charge is 0.324 e. The Hall–Kier alpha value is -2.59. The number of fused-ring (bicyclic) bond motifs is 1. The predicted octanol–water partition coefficient (Wildman–Crippen LogP) is 5.94. The summed E-state index contributed by atoms with van der Waals surface area (Å²) in [5, 5.41) is 3.16. The highest BCUT2D eigenvalue weighted by Gasteiger charge is 2.32. The minimum absolute atomic E-state index is 0.0177. The quantitative estimate of drug-likeness (QED) is 0.433. The van der Waals surface area contributed by atoms with Crippen molar-refractivity contribution in [3.63, 3.8) is 0 Å². The summed E-state index contributed by atoms with van der Waals surface area (Å²) in [5.41, 5.74) is 1.38. The van der Waals surface area contributed by atoms with Crippen LogP contribution in [0.15, 0.2) is 65.6 Å². The third kappa shape index (κ3) is 5.48. The second kappa shape index (κ2) is 9.81. The fraction of sp³-hybridized carbons (Fsp3) is 0.208. The van der Waals surface area contributed by atoms with Gasteiger partial charge in [-0.25, -0.2) is 8.42 Å². The van der Waals surface area contributed by atoms with Gasteiger partial charge in [-0.2, -0.15) is 17.5 Å². The molecule has 3 aromatic carbocycles. The average Bonchev–Trinajstić information content (AvgIpc) is 2.80. The highest BCUT2D eigenvalue weighted by Crippen LogP contribution is 2.35. The van der Waals surface area contributed by atoms with E-state index >= 15 is 0 Å². The molecule has 1 N–H and O–H groups in total. The van der Waals surface area contributed by atoms with Crippen LogP contribution < -0.4 is 5.32 Å². The molecule has 0 bridgehead atoms. The molecule has 0 aliphatic carbocycles. The van der Waals surface area contributed by atoms with E-state index in [0.29, 0.717) is 28.8 Å². The lowest BCUT2D eigenvalue weighted by Crippen LogP contribution is -2.36. The van der Waals surface area contributed by atoms with Crippen molar-refractivity contribution in [1.29, 1.82) is 0 Å². The average molecular weight is 543 g/mol. The van der Waals surface area contributed by atoms with Crippen LogP contribution in [0, 0.1) is 0 Å². The number of hydrogen-bond acceptors (Lipinski definition) is 3. The maximum Gasteiger partial charge on any atom is 0.416 e. The summed E-state index contributed by atoms with van der Waals surface area (Å²) in [4.78, 5) is 12.7. The zero-order valence-electron chi connectivity index (χ0n) is 18.1. The Bertz CT molecular complexity index is 1380. The Kier molecular flexibility index (Phi) is 7.15. The van der Waals surface area contributed by atoms with Gasteiger partial charge >= 0.3 is 6.18 Å². The van der Waals surface area contributed by atoms with Gasteiger partial charge in [-0.1, -0.05) is 53.5 Å². The third-order valence-corrected chi connectivity index (χ3v) is 8.34. The summed E-state index contributed by atoms with van der Waals surface area (Å²) in [7, 11) is -3.84. The molecule has 1 amide bonds. The van der Waals surface area contributed by atoms with Crippen LogP contribution >= 0.6 is 23.2 Å². The predicted molar refractivity (Wildman–Crippen MR) is 128 cm³/mol. The van der Waals surface area contributed by atoms with Gasteiger partial charge in [0.05, 0.1) is 27.7 Å². The molecule has 1 heterocycles. The first-order chi connectivity index (χ1) is 16.5. The number of nitrogens with one attached hydrogen (secondary N) is 1. The van der Waals surface area contributed by atoms with E-state index in [4.69, 9.17) is 23.2 Å². The summed E-state index contributed by atoms with van der Waals surface area (Å²) >= 11 is 12.4. The van der Waals surface area contributed by atoms with E-state index in [1.165, 1.54) is 28.6 Å². The number of sulfonamides is 1. The molecule has 184 valence electrons. The van der Waals surface area contributed by atoms with Crippen LogP contribution in [0.4, 0.5) is 18.9 Å². The summed E-state index contributed by atoms with van der Waals surface area (Å²) in [6.45, 7) is 0.227. The molecule has 4 rings (SSSR count). The van der Waals surface area contributed by atoms with E-state index in [0.717, 1.165) is 12.1 Å². The number of anilines is 1. The maximum atomic E-state index is 13.1. The number of nitrogens with zero attached hydrogens (tertiary/aromatic N) is 1. The molecule has 0 unspecified atom stereocenters. The van der Waals surface area contributed by atoms with Crippen LogP contribution in [-0.2, 0) is 40.4 Å². The SMILES string of the molecule is O=C(Cc1ccc(C(F)(F)F)cc1)Nc1c(Cl)ccc2c1CCN(S(=O)(=O)c1ccccc1Cl)C2. The fourth-order valence-corrected chi connectivity index (χ4v) is 6.05. The number of halogens is 5. The van der Waals surface area contributed by atoms with Gasteiger partial charge in [-0.15, -0.1) is 0 Å². The molecule has 35 heavy (non-hydrogen) atoms. The normalized spacial score (nSPS) is 14.4. The lowest BCUT2D eigenvalue weighted by molar-refractivity contribution is -0.137. The Balaban J connectivity index is 1.52. The zero-order valence-corrected chi connectivity index (χ0v) is 20.4. The molecule has 5 nitrogen and oxygen atoms in total. The topological polar surface area (TPSA) is 66.5 Å². The first kappa shape index (κ1) is 25.5. The second-order valence-electron chi connectivity index (χ2n) is 8.00. The highest BCUT2D eigenvalue weighted by atomic mass is 35.5. The minimum atomic E-state index is -4.45. The highest BCUT2D eigenvalue weighted by molar-refractivity contribution is 7.89. The molecule has 11 heteroatoms. The van der Waals surface area contributed by atoms with Crippen molar-refractivity contribution < 1.29 is 26.4 Å². The van der Waals surface area contributed by atoms with Gasteiger partial charge in [0.15, 0.2) is 0 Å². The first-order valence-electron chi connectivity index (χ1n) is 10.5. The number of carbonyl (C=O) groups excluding carboxylic acids is 1. The number of hydrogen-bond donors (Lipinski definition) is 1. The van der Waals surface area contributed by atoms with Crippen LogP contribution in [0.25, 0.3) is 0 Å². The summed E-state index contributed by atoms with van der Waals surface area (Å²) < 4.78 is 65.8. The van der Waals surface area contributed by atoms with Crippen molar-refractivity contribution in [1.82, 2.24) is 4.31 Å². The third-order valence-electron chi connectivity index (χ3n) is 5.68. The van der Waals surface area contributed by atoms with E-state index in [-0.39, 0.29) is 34.5 Å². The molecular weight excluding hydrogens is 524 g/mol. The van der Waals surface area contributed by atoms with E-state index < -0.39 is 27.7 Å². The maximum absolute atomic E-state index is 13.1. The van der Waals surface area contributed by atoms with E-state index in [1.54, 1.807) is 24.3 Å². The number of benzene rings is 3. The number of amides is 1. The van der Waals surface area contributed by atoms with Gasteiger partial charge < -0.3 is 5.32 Å². The van der Waals surface area contributed by atoms with E-state index in [9.17, 15) is 26.4 Å².